The van der Waals surface area contributed by atoms with Gasteiger partial charge in [-0.2, -0.15) is 0 Å². The number of rotatable bonds is 2. The van der Waals surface area contributed by atoms with Gasteiger partial charge in [0.25, 0.3) is 0 Å². The monoisotopic (exact) mass is 267 g/mol. The van der Waals surface area contributed by atoms with Crippen molar-refractivity contribution in [3.8, 4) is 5.75 Å². The van der Waals surface area contributed by atoms with Crippen LogP contribution in [-0.4, -0.2) is 26.0 Å². The second-order valence-electron chi connectivity index (χ2n) is 4.84. The lowest BCUT2D eigenvalue weighted by molar-refractivity contribution is -0.122. The van der Waals surface area contributed by atoms with Crippen molar-refractivity contribution in [1.82, 2.24) is 0 Å². The summed E-state index contributed by atoms with van der Waals surface area (Å²) in [4.78, 5) is 13.8. The molecule has 1 aromatic rings. The van der Waals surface area contributed by atoms with Crippen LogP contribution in [0.25, 0.3) is 0 Å². The van der Waals surface area contributed by atoms with E-state index in [0.717, 1.165) is 30.1 Å². The van der Waals surface area contributed by atoms with Crippen LogP contribution in [0.15, 0.2) is 12.1 Å². The van der Waals surface area contributed by atoms with Crippen LogP contribution in [0.3, 0.4) is 0 Å². The third kappa shape index (κ3) is 2.46. The smallest absolute Gasteiger partial charge is 0.143 e. The molecule has 2 rings (SSSR count). The maximum absolute atomic E-state index is 11.6. The first kappa shape index (κ1) is 13.2. The van der Waals surface area contributed by atoms with Gasteiger partial charge in [-0.15, -0.1) is 0 Å². The number of nitrogens with zero attached hydrogens (tertiary/aromatic N) is 1. The van der Waals surface area contributed by atoms with Gasteiger partial charge in [-0.3, -0.25) is 4.79 Å². The molecule has 1 aliphatic rings. The zero-order chi connectivity index (χ0) is 13.3. The molecule has 1 atom stereocenters. The average Bonchev–Trinajstić information content (AvgIpc) is 2.35. The molecule has 0 spiro atoms. The molecule has 3 nitrogen and oxygen atoms in total. The van der Waals surface area contributed by atoms with E-state index in [-0.39, 0.29) is 5.92 Å². The number of ether oxygens (including phenoxy) is 1. The standard InChI is InChI=1S/C14H18ClNO2/c1-9-6-12(14(18-3)7-11(9)15)16-5-4-13(17)10(2)8-16/h6-7,10H,4-5,8H2,1-3H3. The van der Waals surface area contributed by atoms with Crippen LogP contribution < -0.4 is 9.64 Å². The van der Waals surface area contributed by atoms with Gasteiger partial charge in [0.2, 0.25) is 0 Å². The van der Waals surface area contributed by atoms with Crippen LogP contribution >= 0.6 is 11.6 Å². The molecule has 0 radical (unpaired) electrons. The summed E-state index contributed by atoms with van der Waals surface area (Å²) in [6.07, 6.45) is 0.603. The maximum Gasteiger partial charge on any atom is 0.143 e. The molecule has 1 heterocycles. The lowest BCUT2D eigenvalue weighted by atomic mass is 9.98. The van der Waals surface area contributed by atoms with E-state index in [1.807, 2.05) is 26.0 Å². The normalized spacial score (nSPS) is 20.1. The molecule has 1 aromatic carbocycles. The average molecular weight is 268 g/mol. The van der Waals surface area contributed by atoms with Crippen LogP contribution in [-0.2, 0) is 4.79 Å². The predicted octanol–water partition coefficient (Wildman–Crippen LogP) is 3.07. The Morgan fingerprint density at radius 2 is 2.17 bits per heavy atom. The number of carbonyl (C=O) groups is 1. The Hall–Kier alpha value is -1.22. The van der Waals surface area contributed by atoms with E-state index in [2.05, 4.69) is 4.90 Å². The minimum absolute atomic E-state index is 0.0828. The van der Waals surface area contributed by atoms with Crippen molar-refractivity contribution in [2.45, 2.75) is 20.3 Å². The van der Waals surface area contributed by atoms with E-state index in [9.17, 15) is 4.79 Å². The first-order valence-corrected chi connectivity index (χ1v) is 6.52. The number of benzene rings is 1. The lowest BCUT2D eigenvalue weighted by Crippen LogP contribution is -2.39. The fourth-order valence-electron chi connectivity index (χ4n) is 2.29. The number of aryl methyl sites for hydroxylation is 1. The molecule has 0 saturated carbocycles. The molecule has 4 heteroatoms. The summed E-state index contributed by atoms with van der Waals surface area (Å²) < 4.78 is 5.39. The largest absolute Gasteiger partial charge is 0.495 e. The molecule has 1 unspecified atom stereocenters. The number of ketones is 1. The Morgan fingerprint density at radius 1 is 1.44 bits per heavy atom. The molecule has 1 fully saturated rings. The van der Waals surface area contributed by atoms with Crippen molar-refractivity contribution in [1.29, 1.82) is 0 Å². The van der Waals surface area contributed by atoms with Crippen LogP contribution in [0.2, 0.25) is 5.02 Å². The molecule has 0 aliphatic carbocycles. The molecule has 1 saturated heterocycles. The van der Waals surface area contributed by atoms with Gasteiger partial charge >= 0.3 is 0 Å². The van der Waals surface area contributed by atoms with Gasteiger partial charge in [-0.1, -0.05) is 18.5 Å². The number of Topliss-reactive ketones (excluding diaryl/α,β-unsaturated/α-hetero) is 1. The van der Waals surface area contributed by atoms with Gasteiger partial charge in [-0.25, -0.2) is 0 Å². The predicted molar refractivity (Wildman–Crippen MR) is 73.7 cm³/mol. The zero-order valence-electron chi connectivity index (χ0n) is 11.0. The molecule has 98 valence electrons. The molecular formula is C14H18ClNO2. The molecule has 0 amide bonds. The lowest BCUT2D eigenvalue weighted by Gasteiger charge is -2.33. The summed E-state index contributed by atoms with van der Waals surface area (Å²) in [5, 5.41) is 0.705. The van der Waals surface area contributed by atoms with Crippen molar-refractivity contribution in [2.24, 2.45) is 5.92 Å². The highest BCUT2D eigenvalue weighted by atomic mass is 35.5. The van der Waals surface area contributed by atoms with E-state index in [1.165, 1.54) is 0 Å². The molecule has 18 heavy (non-hydrogen) atoms. The topological polar surface area (TPSA) is 29.5 Å². The number of anilines is 1. The SMILES string of the molecule is COc1cc(Cl)c(C)cc1N1CCC(=O)C(C)C1. The van der Waals surface area contributed by atoms with Crippen LogP contribution in [0.5, 0.6) is 5.75 Å². The fourth-order valence-corrected chi connectivity index (χ4v) is 2.45. The molecule has 0 aromatic heterocycles. The van der Waals surface area contributed by atoms with E-state index in [4.69, 9.17) is 16.3 Å². The highest BCUT2D eigenvalue weighted by Gasteiger charge is 2.25. The Kier molecular flexibility index (Phi) is 3.81. The third-order valence-corrected chi connectivity index (χ3v) is 3.88. The summed E-state index contributed by atoms with van der Waals surface area (Å²) in [5.74, 6) is 1.20. The van der Waals surface area contributed by atoms with Gasteiger partial charge in [-0.05, 0) is 18.6 Å². The third-order valence-electron chi connectivity index (χ3n) is 3.47. The zero-order valence-corrected chi connectivity index (χ0v) is 11.8. The molecule has 0 N–H and O–H groups in total. The summed E-state index contributed by atoms with van der Waals surface area (Å²) in [6, 6.07) is 3.87. The minimum Gasteiger partial charge on any atom is -0.495 e. The summed E-state index contributed by atoms with van der Waals surface area (Å²) >= 11 is 6.10. The number of halogens is 1. The van der Waals surface area contributed by atoms with Crippen molar-refractivity contribution in [3.05, 3.63) is 22.7 Å². The van der Waals surface area contributed by atoms with Gasteiger partial charge in [0.15, 0.2) is 0 Å². The summed E-state index contributed by atoms with van der Waals surface area (Å²) in [7, 11) is 1.64. The van der Waals surface area contributed by atoms with Crippen LogP contribution in [0, 0.1) is 12.8 Å². The quantitative estimate of drug-likeness (QED) is 0.825. The van der Waals surface area contributed by atoms with Gasteiger partial charge < -0.3 is 9.64 Å². The van der Waals surface area contributed by atoms with Crippen molar-refractivity contribution in [2.75, 3.05) is 25.1 Å². The number of hydrogen-bond acceptors (Lipinski definition) is 3. The van der Waals surface area contributed by atoms with Crippen LogP contribution in [0.1, 0.15) is 18.9 Å². The number of hydrogen-bond donors (Lipinski definition) is 0. The molecular weight excluding hydrogens is 250 g/mol. The van der Waals surface area contributed by atoms with Gasteiger partial charge in [0.05, 0.1) is 12.8 Å². The van der Waals surface area contributed by atoms with Gasteiger partial charge in [0.1, 0.15) is 11.5 Å². The Bertz CT molecular complexity index is 473. The van der Waals surface area contributed by atoms with E-state index < -0.39 is 0 Å². The first-order chi connectivity index (χ1) is 8.52. The molecule has 0 bridgehead atoms. The van der Waals surface area contributed by atoms with Crippen LogP contribution in [0.4, 0.5) is 5.69 Å². The Balaban J connectivity index is 2.32. The Morgan fingerprint density at radius 3 is 2.78 bits per heavy atom. The van der Waals surface area contributed by atoms with Crippen molar-refractivity contribution < 1.29 is 9.53 Å². The van der Waals surface area contributed by atoms with Crippen molar-refractivity contribution >= 4 is 23.1 Å². The maximum atomic E-state index is 11.6. The number of carbonyl (C=O) groups excluding carboxylic acids is 1. The Labute approximate surface area is 113 Å². The summed E-state index contributed by atoms with van der Waals surface area (Å²) in [5.41, 5.74) is 2.05. The minimum atomic E-state index is 0.0828. The highest BCUT2D eigenvalue weighted by Crippen LogP contribution is 2.35. The number of piperidine rings is 1. The van der Waals surface area contributed by atoms with E-state index >= 15 is 0 Å². The highest BCUT2D eigenvalue weighted by molar-refractivity contribution is 6.31. The second-order valence-corrected chi connectivity index (χ2v) is 5.24. The van der Waals surface area contributed by atoms with Crippen molar-refractivity contribution in [3.63, 3.8) is 0 Å². The fraction of sp³-hybridized carbons (Fsp3) is 0.500. The molecule has 1 aliphatic heterocycles. The number of methoxy groups -OCH3 is 1. The first-order valence-electron chi connectivity index (χ1n) is 6.14. The van der Waals surface area contributed by atoms with E-state index in [1.54, 1.807) is 7.11 Å². The summed E-state index contributed by atoms with van der Waals surface area (Å²) in [6.45, 7) is 5.45. The van der Waals surface area contributed by atoms with Gasteiger partial charge in [0, 0.05) is 36.5 Å². The second kappa shape index (κ2) is 5.19. The van der Waals surface area contributed by atoms with E-state index in [0.29, 0.717) is 17.2 Å².